The molecule has 1 amide bonds. The summed E-state index contributed by atoms with van der Waals surface area (Å²) >= 11 is 0. The van der Waals surface area contributed by atoms with Gasteiger partial charge in [0.15, 0.2) is 0 Å². The molecule has 1 aliphatic rings. The highest BCUT2D eigenvalue weighted by atomic mass is 16.5. The first-order valence-electron chi connectivity index (χ1n) is 10.6. The summed E-state index contributed by atoms with van der Waals surface area (Å²) in [5, 5.41) is 4.19. The van der Waals surface area contributed by atoms with Crippen molar-refractivity contribution in [3.05, 3.63) is 88.7 Å². The molecule has 5 rings (SSSR count). The van der Waals surface area contributed by atoms with E-state index in [0.29, 0.717) is 28.2 Å². The molecule has 3 N–H and O–H groups in total. The lowest BCUT2D eigenvalue weighted by atomic mass is 9.98. The molecule has 1 fully saturated rings. The summed E-state index contributed by atoms with van der Waals surface area (Å²) in [6.07, 6.45) is 1.88. The number of benzene rings is 3. The number of hydrogen-bond donors (Lipinski definition) is 2. The lowest BCUT2D eigenvalue weighted by molar-refractivity contribution is 0.102. The van der Waals surface area contributed by atoms with Crippen molar-refractivity contribution in [2.75, 3.05) is 18.2 Å². The zero-order valence-electron chi connectivity index (χ0n) is 17.7. The topological polar surface area (TPSA) is 86.3 Å². The number of ether oxygens (including phenoxy) is 1. The Balaban J connectivity index is 1.64. The summed E-state index contributed by atoms with van der Waals surface area (Å²) in [5.41, 5.74) is 9.16. The van der Waals surface area contributed by atoms with E-state index in [0.717, 1.165) is 29.4 Å². The quantitative estimate of drug-likeness (QED) is 0.479. The van der Waals surface area contributed by atoms with E-state index in [4.69, 9.17) is 10.5 Å². The van der Waals surface area contributed by atoms with Crippen LogP contribution in [0.2, 0.25) is 0 Å². The molecule has 6 nitrogen and oxygen atoms in total. The number of anilines is 2. The average molecular weight is 425 g/mol. The van der Waals surface area contributed by atoms with E-state index in [1.54, 1.807) is 34.9 Å². The van der Waals surface area contributed by atoms with Gasteiger partial charge in [-0.15, -0.1) is 0 Å². The van der Waals surface area contributed by atoms with Crippen LogP contribution in [0.15, 0.2) is 77.6 Å². The van der Waals surface area contributed by atoms with Crippen LogP contribution in [0, 0.1) is 0 Å². The Morgan fingerprint density at radius 3 is 2.44 bits per heavy atom. The lowest BCUT2D eigenvalue weighted by Crippen LogP contribution is -2.23. The first kappa shape index (κ1) is 19.9. The van der Waals surface area contributed by atoms with Crippen molar-refractivity contribution in [3.8, 4) is 16.9 Å². The second-order valence-electron chi connectivity index (χ2n) is 7.95. The minimum atomic E-state index is -0.303. The highest BCUT2D eigenvalue weighted by Gasteiger charge is 2.29. The summed E-state index contributed by atoms with van der Waals surface area (Å²) < 4.78 is 7.00. The molecular formula is C26H23N3O3. The molecule has 0 spiro atoms. The fourth-order valence-electron chi connectivity index (χ4n) is 4.15. The van der Waals surface area contributed by atoms with Gasteiger partial charge in [0.1, 0.15) is 11.6 Å². The number of methoxy groups -OCH3 is 1. The van der Waals surface area contributed by atoms with Crippen LogP contribution >= 0.6 is 0 Å². The van der Waals surface area contributed by atoms with Gasteiger partial charge in [0.25, 0.3) is 11.5 Å². The SMILES string of the molecule is COc1ccccc1C(=O)Nc1ccc2c(-c3ccccc3)c(N)n(C3CC3)c(=O)c2c1. The molecule has 0 bridgehead atoms. The maximum atomic E-state index is 13.4. The molecule has 1 saturated carbocycles. The second-order valence-corrected chi connectivity index (χ2v) is 7.95. The zero-order valence-corrected chi connectivity index (χ0v) is 17.7. The molecule has 0 aliphatic heterocycles. The molecule has 0 atom stereocenters. The van der Waals surface area contributed by atoms with E-state index in [1.165, 1.54) is 7.11 Å². The van der Waals surface area contributed by atoms with Gasteiger partial charge in [0, 0.05) is 17.3 Å². The average Bonchev–Trinajstić information content (AvgIpc) is 3.65. The lowest BCUT2D eigenvalue weighted by Gasteiger charge is -2.17. The number of carbonyl (C=O) groups excluding carboxylic acids is 1. The predicted octanol–water partition coefficient (Wildman–Crippen LogP) is 4.85. The fraction of sp³-hybridized carbons (Fsp3) is 0.154. The van der Waals surface area contributed by atoms with Gasteiger partial charge in [-0.2, -0.15) is 0 Å². The second kappa shape index (κ2) is 7.89. The largest absolute Gasteiger partial charge is 0.496 e. The number of nitrogens with zero attached hydrogens (tertiary/aromatic N) is 1. The summed E-state index contributed by atoms with van der Waals surface area (Å²) in [5.74, 6) is 0.672. The molecule has 32 heavy (non-hydrogen) atoms. The van der Waals surface area contributed by atoms with Gasteiger partial charge < -0.3 is 15.8 Å². The number of hydrogen-bond acceptors (Lipinski definition) is 4. The number of nitrogens with two attached hydrogens (primary N) is 1. The number of aromatic nitrogens is 1. The molecular weight excluding hydrogens is 402 g/mol. The third-order valence-electron chi connectivity index (χ3n) is 5.84. The highest BCUT2D eigenvalue weighted by molar-refractivity contribution is 6.08. The molecule has 1 heterocycles. The third-order valence-corrected chi connectivity index (χ3v) is 5.84. The summed E-state index contributed by atoms with van der Waals surface area (Å²) in [4.78, 5) is 26.2. The van der Waals surface area contributed by atoms with Gasteiger partial charge in [-0.1, -0.05) is 48.5 Å². The maximum Gasteiger partial charge on any atom is 0.260 e. The Hall–Kier alpha value is -4.06. The van der Waals surface area contributed by atoms with Crippen molar-refractivity contribution in [3.63, 3.8) is 0 Å². The van der Waals surface area contributed by atoms with E-state index >= 15 is 0 Å². The molecule has 4 aromatic rings. The van der Waals surface area contributed by atoms with E-state index in [2.05, 4.69) is 5.32 Å². The molecule has 160 valence electrons. The van der Waals surface area contributed by atoms with Gasteiger partial charge in [-0.05, 0) is 48.1 Å². The number of fused-ring (bicyclic) bond motifs is 1. The van der Waals surface area contributed by atoms with Crippen LogP contribution in [-0.4, -0.2) is 17.6 Å². The molecule has 1 aliphatic carbocycles. The van der Waals surface area contributed by atoms with E-state index in [1.807, 2.05) is 42.5 Å². The van der Waals surface area contributed by atoms with E-state index < -0.39 is 0 Å². The van der Waals surface area contributed by atoms with Crippen LogP contribution in [-0.2, 0) is 0 Å². The Bertz CT molecular complexity index is 1390. The van der Waals surface area contributed by atoms with Gasteiger partial charge in [0.2, 0.25) is 0 Å². The van der Waals surface area contributed by atoms with Crippen LogP contribution < -0.4 is 21.3 Å². The van der Waals surface area contributed by atoms with Gasteiger partial charge >= 0.3 is 0 Å². The highest BCUT2D eigenvalue weighted by Crippen LogP contribution is 2.40. The van der Waals surface area contributed by atoms with Gasteiger partial charge in [-0.3, -0.25) is 14.2 Å². The molecule has 0 saturated heterocycles. The molecule has 0 unspecified atom stereocenters. The molecule has 0 radical (unpaired) electrons. The van der Waals surface area contributed by atoms with Crippen molar-refractivity contribution >= 4 is 28.2 Å². The molecule has 6 heteroatoms. The predicted molar refractivity (Wildman–Crippen MR) is 127 cm³/mol. The first-order valence-corrected chi connectivity index (χ1v) is 10.6. The number of nitrogens with one attached hydrogen (secondary N) is 1. The Kier molecular flexibility index (Phi) is 4.90. The summed E-state index contributed by atoms with van der Waals surface area (Å²) in [6.45, 7) is 0. The number of para-hydroxylation sites is 1. The summed E-state index contributed by atoms with van der Waals surface area (Å²) in [6, 6.07) is 22.4. The third kappa shape index (κ3) is 3.39. The standard InChI is InChI=1S/C26H23N3O3/c1-32-22-10-6-5-9-20(22)25(30)28-17-11-14-19-21(15-17)26(31)29(18-12-13-18)24(27)23(19)16-7-3-2-4-8-16/h2-11,14-15,18H,12-13,27H2,1H3,(H,28,30). The number of nitrogen functional groups attached to an aromatic ring is 1. The monoisotopic (exact) mass is 425 g/mol. The van der Waals surface area contributed by atoms with E-state index in [9.17, 15) is 9.59 Å². The van der Waals surface area contributed by atoms with Crippen molar-refractivity contribution in [1.29, 1.82) is 0 Å². The smallest absolute Gasteiger partial charge is 0.260 e. The van der Waals surface area contributed by atoms with Crippen LogP contribution in [0.3, 0.4) is 0 Å². The minimum Gasteiger partial charge on any atom is -0.496 e. The van der Waals surface area contributed by atoms with Crippen LogP contribution in [0.5, 0.6) is 5.75 Å². The number of rotatable bonds is 5. The molecule has 1 aromatic heterocycles. The fourth-order valence-corrected chi connectivity index (χ4v) is 4.15. The number of carbonyl (C=O) groups is 1. The van der Waals surface area contributed by atoms with Gasteiger partial charge in [-0.25, -0.2) is 0 Å². The zero-order chi connectivity index (χ0) is 22.2. The minimum absolute atomic E-state index is 0.126. The van der Waals surface area contributed by atoms with Crippen LogP contribution in [0.4, 0.5) is 11.5 Å². The number of amides is 1. The Labute approximate surface area is 185 Å². The van der Waals surface area contributed by atoms with Crippen molar-refractivity contribution in [2.45, 2.75) is 18.9 Å². The Morgan fingerprint density at radius 1 is 1.00 bits per heavy atom. The van der Waals surface area contributed by atoms with Crippen LogP contribution in [0.25, 0.3) is 21.9 Å². The first-order chi connectivity index (χ1) is 15.6. The van der Waals surface area contributed by atoms with Crippen molar-refractivity contribution in [2.24, 2.45) is 0 Å². The summed E-state index contributed by atoms with van der Waals surface area (Å²) in [7, 11) is 1.53. The van der Waals surface area contributed by atoms with Crippen LogP contribution in [0.1, 0.15) is 29.2 Å². The van der Waals surface area contributed by atoms with Crippen molar-refractivity contribution in [1.82, 2.24) is 4.57 Å². The number of pyridine rings is 1. The van der Waals surface area contributed by atoms with E-state index in [-0.39, 0.29) is 17.5 Å². The van der Waals surface area contributed by atoms with Gasteiger partial charge in [0.05, 0.1) is 18.1 Å². The maximum absolute atomic E-state index is 13.4. The Morgan fingerprint density at radius 2 is 1.72 bits per heavy atom. The normalized spacial score (nSPS) is 13.2. The van der Waals surface area contributed by atoms with Crippen molar-refractivity contribution < 1.29 is 9.53 Å². The molecule has 3 aromatic carbocycles.